The molecular weight excluding hydrogens is 348 g/mol. The van der Waals surface area contributed by atoms with E-state index in [0.717, 1.165) is 17.0 Å². The van der Waals surface area contributed by atoms with E-state index in [1.165, 1.54) is 5.56 Å². The van der Waals surface area contributed by atoms with Crippen molar-refractivity contribution >= 4 is 11.6 Å². The van der Waals surface area contributed by atoms with Gasteiger partial charge in [-0.15, -0.1) is 0 Å². The van der Waals surface area contributed by atoms with Gasteiger partial charge in [0.1, 0.15) is 12.3 Å². The minimum Gasteiger partial charge on any atom is -0.492 e. The second kappa shape index (κ2) is 9.72. The first-order chi connectivity index (χ1) is 13.7. The van der Waals surface area contributed by atoms with Gasteiger partial charge in [0, 0.05) is 11.1 Å². The van der Waals surface area contributed by atoms with E-state index in [9.17, 15) is 4.79 Å². The Hall–Kier alpha value is -3.11. The molecule has 0 aromatic heterocycles. The number of ether oxygens (including phenoxy) is 1. The molecule has 4 heteroatoms. The molecule has 0 aliphatic carbocycles. The molecule has 1 unspecified atom stereocenters. The van der Waals surface area contributed by atoms with Crippen LogP contribution in [0.25, 0.3) is 0 Å². The number of anilines is 1. The lowest BCUT2D eigenvalue weighted by Gasteiger charge is -2.25. The highest BCUT2D eigenvalue weighted by Gasteiger charge is 2.29. The Morgan fingerprint density at radius 1 is 0.929 bits per heavy atom. The third-order valence-corrected chi connectivity index (χ3v) is 4.66. The number of benzene rings is 3. The van der Waals surface area contributed by atoms with Crippen LogP contribution < -0.4 is 15.0 Å². The van der Waals surface area contributed by atoms with Crippen molar-refractivity contribution < 1.29 is 14.4 Å². The van der Waals surface area contributed by atoms with E-state index in [4.69, 9.17) is 4.74 Å². The Balaban J connectivity index is 1.85. The standard InChI is InChI=1S/C24H26N2O2/c1-3-28-22-17-11-10-16-21(22)25-24(27)23(20-14-8-5-9-15-20)26(2)18-19-12-6-4-7-13-19/h4-17,23H,3,18H2,1-2H3,(H,25,27)/p+1/t23-/m1/s1. The largest absolute Gasteiger partial charge is 0.492 e. The highest BCUT2D eigenvalue weighted by Crippen LogP contribution is 2.25. The van der Waals surface area contributed by atoms with Crippen molar-refractivity contribution in [2.75, 3.05) is 19.0 Å². The number of likely N-dealkylation sites (N-methyl/N-ethyl adjacent to an activating group) is 1. The second-order valence-electron chi connectivity index (χ2n) is 6.77. The molecule has 4 nitrogen and oxygen atoms in total. The van der Waals surface area contributed by atoms with Gasteiger partial charge in [0.05, 0.1) is 19.3 Å². The summed E-state index contributed by atoms with van der Waals surface area (Å²) in [5.41, 5.74) is 2.88. The maximum Gasteiger partial charge on any atom is 0.287 e. The quantitative estimate of drug-likeness (QED) is 0.633. The molecule has 3 rings (SSSR count). The van der Waals surface area contributed by atoms with E-state index in [1.807, 2.05) is 79.7 Å². The van der Waals surface area contributed by atoms with E-state index >= 15 is 0 Å². The Labute approximate surface area is 166 Å². The van der Waals surface area contributed by atoms with Crippen molar-refractivity contribution in [1.82, 2.24) is 0 Å². The average Bonchev–Trinajstić information content (AvgIpc) is 2.71. The van der Waals surface area contributed by atoms with Crippen LogP contribution in [0.1, 0.15) is 24.1 Å². The van der Waals surface area contributed by atoms with E-state index in [1.54, 1.807) is 0 Å². The monoisotopic (exact) mass is 375 g/mol. The third kappa shape index (κ3) is 4.99. The Morgan fingerprint density at radius 2 is 1.54 bits per heavy atom. The molecule has 28 heavy (non-hydrogen) atoms. The minimum absolute atomic E-state index is 0.0493. The van der Waals surface area contributed by atoms with Gasteiger partial charge < -0.3 is 15.0 Å². The molecule has 3 aromatic carbocycles. The van der Waals surface area contributed by atoms with Crippen molar-refractivity contribution in [2.24, 2.45) is 0 Å². The molecule has 0 fully saturated rings. The summed E-state index contributed by atoms with van der Waals surface area (Å²) in [4.78, 5) is 14.4. The molecule has 0 aliphatic rings. The summed E-state index contributed by atoms with van der Waals surface area (Å²) in [6, 6.07) is 27.4. The SMILES string of the molecule is CCOc1ccccc1NC(=O)[C@@H](c1ccccc1)[NH+](C)Cc1ccccc1. The normalized spacial score (nSPS) is 12.8. The van der Waals surface area contributed by atoms with Gasteiger partial charge in [-0.05, 0) is 19.1 Å². The number of nitrogens with one attached hydrogen (secondary N) is 2. The van der Waals surface area contributed by atoms with Gasteiger partial charge in [0.2, 0.25) is 0 Å². The first-order valence-electron chi connectivity index (χ1n) is 9.63. The fourth-order valence-electron chi connectivity index (χ4n) is 3.38. The van der Waals surface area contributed by atoms with Crippen LogP contribution in [-0.2, 0) is 11.3 Å². The predicted molar refractivity (Wildman–Crippen MR) is 112 cm³/mol. The number of rotatable bonds is 8. The lowest BCUT2D eigenvalue weighted by Crippen LogP contribution is -3.09. The number of hydrogen-bond donors (Lipinski definition) is 2. The van der Waals surface area contributed by atoms with Crippen LogP contribution in [0, 0.1) is 0 Å². The molecule has 0 saturated heterocycles. The van der Waals surface area contributed by atoms with E-state index in [0.29, 0.717) is 18.0 Å². The number of amides is 1. The van der Waals surface area contributed by atoms with Crippen molar-refractivity contribution in [1.29, 1.82) is 0 Å². The van der Waals surface area contributed by atoms with E-state index < -0.39 is 0 Å². The van der Waals surface area contributed by atoms with Gasteiger partial charge >= 0.3 is 0 Å². The Kier molecular flexibility index (Phi) is 6.82. The molecule has 1 amide bonds. The summed E-state index contributed by atoms with van der Waals surface area (Å²) < 4.78 is 5.66. The third-order valence-electron chi connectivity index (χ3n) is 4.66. The molecule has 0 bridgehead atoms. The molecule has 0 heterocycles. The maximum atomic E-state index is 13.3. The van der Waals surface area contributed by atoms with Crippen LogP contribution in [-0.4, -0.2) is 19.6 Å². The van der Waals surface area contributed by atoms with Gasteiger partial charge in [0.15, 0.2) is 6.04 Å². The van der Waals surface area contributed by atoms with Gasteiger partial charge in [-0.25, -0.2) is 0 Å². The fraction of sp³-hybridized carbons (Fsp3) is 0.208. The maximum absolute atomic E-state index is 13.3. The average molecular weight is 375 g/mol. The summed E-state index contributed by atoms with van der Waals surface area (Å²) in [5, 5.41) is 3.08. The van der Waals surface area contributed by atoms with Gasteiger partial charge in [-0.2, -0.15) is 0 Å². The highest BCUT2D eigenvalue weighted by atomic mass is 16.5. The fourth-order valence-corrected chi connectivity index (χ4v) is 3.38. The molecule has 144 valence electrons. The van der Waals surface area contributed by atoms with Gasteiger partial charge in [0.25, 0.3) is 5.91 Å². The first-order valence-corrected chi connectivity index (χ1v) is 9.63. The van der Waals surface area contributed by atoms with E-state index in [-0.39, 0.29) is 11.9 Å². The van der Waals surface area contributed by atoms with Crippen LogP contribution in [0.4, 0.5) is 5.69 Å². The van der Waals surface area contributed by atoms with Crippen LogP contribution in [0.3, 0.4) is 0 Å². The molecule has 3 aromatic rings. The second-order valence-corrected chi connectivity index (χ2v) is 6.77. The summed E-state index contributed by atoms with van der Waals surface area (Å²) in [6.07, 6.45) is 0. The summed E-state index contributed by atoms with van der Waals surface area (Å²) in [7, 11) is 2.05. The molecule has 0 spiro atoms. The molecular formula is C24H27N2O2+. The zero-order valence-corrected chi connectivity index (χ0v) is 16.4. The summed E-state index contributed by atoms with van der Waals surface area (Å²) >= 11 is 0. The summed E-state index contributed by atoms with van der Waals surface area (Å²) in [5.74, 6) is 0.637. The Bertz CT molecular complexity index is 881. The van der Waals surface area contributed by atoms with Crippen molar-refractivity contribution in [3.05, 3.63) is 96.1 Å². The molecule has 2 atom stereocenters. The predicted octanol–water partition coefficient (Wildman–Crippen LogP) is 3.48. The van der Waals surface area contributed by atoms with Gasteiger partial charge in [-0.1, -0.05) is 72.8 Å². The first kappa shape index (κ1) is 19.6. The topological polar surface area (TPSA) is 42.8 Å². The van der Waals surface area contributed by atoms with Crippen molar-refractivity contribution in [2.45, 2.75) is 19.5 Å². The van der Waals surface area contributed by atoms with Crippen LogP contribution in [0.5, 0.6) is 5.75 Å². The zero-order valence-electron chi connectivity index (χ0n) is 16.4. The van der Waals surface area contributed by atoms with Gasteiger partial charge in [-0.3, -0.25) is 4.79 Å². The highest BCUT2D eigenvalue weighted by molar-refractivity contribution is 5.95. The molecule has 0 aliphatic heterocycles. The lowest BCUT2D eigenvalue weighted by molar-refractivity contribution is -0.915. The number of quaternary nitrogens is 1. The smallest absolute Gasteiger partial charge is 0.287 e. The molecule has 0 radical (unpaired) electrons. The van der Waals surface area contributed by atoms with E-state index in [2.05, 4.69) is 24.5 Å². The van der Waals surface area contributed by atoms with Crippen molar-refractivity contribution in [3.63, 3.8) is 0 Å². The molecule has 0 saturated carbocycles. The van der Waals surface area contributed by atoms with Crippen molar-refractivity contribution in [3.8, 4) is 5.75 Å². The molecule has 2 N–H and O–H groups in total. The Morgan fingerprint density at radius 3 is 2.21 bits per heavy atom. The zero-order chi connectivity index (χ0) is 19.8. The van der Waals surface area contributed by atoms with Crippen LogP contribution in [0.2, 0.25) is 0 Å². The number of hydrogen-bond acceptors (Lipinski definition) is 2. The van der Waals surface area contributed by atoms with Crippen LogP contribution >= 0.6 is 0 Å². The summed E-state index contributed by atoms with van der Waals surface area (Å²) in [6.45, 7) is 3.23. The van der Waals surface area contributed by atoms with Crippen LogP contribution in [0.15, 0.2) is 84.9 Å². The number of para-hydroxylation sites is 2. The number of carbonyl (C=O) groups is 1. The minimum atomic E-state index is -0.337. The lowest BCUT2D eigenvalue weighted by atomic mass is 10.0. The number of carbonyl (C=O) groups excluding carboxylic acids is 1.